The van der Waals surface area contributed by atoms with E-state index in [1.54, 1.807) is 17.1 Å². The number of hydrogen-bond acceptors (Lipinski definition) is 9. The standard InChI is InChI=1S/C18H17N7.C8H17N3O2/c1-2-6-13(5-1)21-18-20-11-16-17(22-18)25(24-23-16)14-7-8-15-12(10-14)4-3-9-19-15;1-10-4-6-11(7-5-10)3-2-9-8(12)13/h3-4,7-11,13H,1-2,5-6H2,(H,20,21,22);9H,2-7H2,1H3,(H,12,13). The molecule has 1 aliphatic carbocycles. The van der Waals surface area contributed by atoms with Gasteiger partial charge in [0.05, 0.1) is 17.4 Å². The van der Waals surface area contributed by atoms with E-state index >= 15 is 0 Å². The largest absolute Gasteiger partial charge is 0.465 e. The maximum absolute atomic E-state index is 10.2. The van der Waals surface area contributed by atoms with Crippen LogP contribution in [-0.2, 0) is 0 Å². The van der Waals surface area contributed by atoms with Crippen molar-refractivity contribution in [1.82, 2.24) is 45.1 Å². The summed E-state index contributed by atoms with van der Waals surface area (Å²) in [6, 6.07) is 10.4. The van der Waals surface area contributed by atoms with Gasteiger partial charge < -0.3 is 20.6 Å². The summed E-state index contributed by atoms with van der Waals surface area (Å²) in [6.45, 7) is 5.58. The molecule has 1 saturated heterocycles. The molecule has 0 unspecified atom stereocenters. The van der Waals surface area contributed by atoms with Crippen LogP contribution in [0.1, 0.15) is 25.7 Å². The van der Waals surface area contributed by atoms with Crippen molar-refractivity contribution in [2.45, 2.75) is 31.7 Å². The van der Waals surface area contributed by atoms with E-state index in [1.165, 1.54) is 25.7 Å². The Labute approximate surface area is 221 Å². The first-order valence-electron chi connectivity index (χ1n) is 13.1. The molecular formula is C26H34N10O2. The van der Waals surface area contributed by atoms with Crippen molar-refractivity contribution in [2.24, 2.45) is 0 Å². The van der Waals surface area contributed by atoms with Crippen LogP contribution in [0, 0.1) is 0 Å². The van der Waals surface area contributed by atoms with Crippen LogP contribution in [0.2, 0.25) is 0 Å². The number of aromatic nitrogens is 6. The first-order chi connectivity index (χ1) is 18.5. The van der Waals surface area contributed by atoms with Crippen LogP contribution in [0.25, 0.3) is 27.8 Å². The molecule has 200 valence electrons. The van der Waals surface area contributed by atoms with Gasteiger partial charge in [0, 0.05) is 56.9 Å². The fourth-order valence-electron chi connectivity index (χ4n) is 4.81. The van der Waals surface area contributed by atoms with E-state index in [1.807, 2.05) is 30.3 Å². The Kier molecular flexibility index (Phi) is 8.19. The van der Waals surface area contributed by atoms with Crippen LogP contribution >= 0.6 is 0 Å². The highest BCUT2D eigenvalue weighted by atomic mass is 16.4. The Bertz CT molecular complexity index is 1360. The highest BCUT2D eigenvalue weighted by Gasteiger charge is 2.17. The summed E-state index contributed by atoms with van der Waals surface area (Å²) in [5.74, 6) is 0.644. The van der Waals surface area contributed by atoms with E-state index in [0.717, 1.165) is 49.3 Å². The zero-order valence-corrected chi connectivity index (χ0v) is 21.6. The summed E-state index contributed by atoms with van der Waals surface area (Å²) >= 11 is 0. The molecule has 2 aliphatic rings. The summed E-state index contributed by atoms with van der Waals surface area (Å²) < 4.78 is 1.75. The third kappa shape index (κ3) is 6.50. The van der Waals surface area contributed by atoms with Crippen LogP contribution in [-0.4, -0.2) is 103 Å². The Balaban J connectivity index is 0.000000193. The summed E-state index contributed by atoms with van der Waals surface area (Å²) in [7, 11) is 2.10. The lowest BCUT2D eigenvalue weighted by Crippen LogP contribution is -2.46. The van der Waals surface area contributed by atoms with E-state index in [9.17, 15) is 4.79 Å². The third-order valence-corrected chi connectivity index (χ3v) is 7.01. The SMILES string of the molecule is CN1CCN(CCNC(=O)O)CC1.c1cnc2ccc(-n3nnc4cnc(NC5CCCC5)nc43)cc2c1. The molecular weight excluding hydrogens is 484 g/mol. The van der Waals surface area contributed by atoms with Gasteiger partial charge in [-0.3, -0.25) is 9.88 Å². The molecule has 0 spiro atoms. The van der Waals surface area contributed by atoms with E-state index < -0.39 is 6.09 Å². The Morgan fingerprint density at radius 2 is 1.89 bits per heavy atom. The number of fused-ring (bicyclic) bond motifs is 2. The average molecular weight is 519 g/mol. The number of likely N-dealkylation sites (N-methyl/N-ethyl adjacent to an activating group) is 1. The molecule has 12 nitrogen and oxygen atoms in total. The summed E-state index contributed by atoms with van der Waals surface area (Å²) in [5.41, 5.74) is 3.25. The van der Waals surface area contributed by atoms with Crippen molar-refractivity contribution in [3.8, 4) is 5.69 Å². The van der Waals surface area contributed by atoms with Crippen LogP contribution < -0.4 is 10.6 Å². The van der Waals surface area contributed by atoms with Crippen LogP contribution in [0.15, 0.2) is 42.7 Å². The predicted octanol–water partition coefficient (Wildman–Crippen LogP) is 2.61. The lowest BCUT2D eigenvalue weighted by molar-refractivity contribution is 0.152. The lowest BCUT2D eigenvalue weighted by Gasteiger charge is -2.32. The predicted molar refractivity (Wildman–Crippen MR) is 146 cm³/mol. The number of carboxylic acid groups (broad SMARTS) is 1. The van der Waals surface area contributed by atoms with Gasteiger partial charge in [0.2, 0.25) is 5.95 Å². The summed E-state index contributed by atoms with van der Waals surface area (Å²) in [6.07, 6.45) is 7.48. The zero-order valence-electron chi connectivity index (χ0n) is 21.6. The Morgan fingerprint density at radius 3 is 2.68 bits per heavy atom. The number of amides is 1. The quantitative estimate of drug-likeness (QED) is 0.349. The molecule has 2 fully saturated rings. The normalized spacial score (nSPS) is 16.9. The van der Waals surface area contributed by atoms with Crippen molar-refractivity contribution >= 4 is 34.1 Å². The second-order valence-electron chi connectivity index (χ2n) is 9.79. The van der Waals surface area contributed by atoms with Crippen molar-refractivity contribution < 1.29 is 9.90 Å². The van der Waals surface area contributed by atoms with E-state index in [2.05, 4.69) is 52.7 Å². The smallest absolute Gasteiger partial charge is 0.404 e. The monoisotopic (exact) mass is 518 g/mol. The fraction of sp³-hybridized carbons (Fsp3) is 0.462. The van der Waals surface area contributed by atoms with Gasteiger partial charge in [0.15, 0.2) is 11.2 Å². The molecule has 1 saturated carbocycles. The van der Waals surface area contributed by atoms with Crippen LogP contribution in [0.3, 0.4) is 0 Å². The molecule has 0 bridgehead atoms. The van der Waals surface area contributed by atoms with E-state index in [-0.39, 0.29) is 0 Å². The van der Waals surface area contributed by atoms with Gasteiger partial charge in [-0.25, -0.2) is 9.78 Å². The number of anilines is 1. The minimum atomic E-state index is -0.936. The molecule has 4 aromatic rings. The Morgan fingerprint density at radius 1 is 1.08 bits per heavy atom. The number of nitrogens with one attached hydrogen (secondary N) is 2. The lowest BCUT2D eigenvalue weighted by atomic mass is 10.2. The van der Waals surface area contributed by atoms with Gasteiger partial charge in [-0.15, -0.1) is 5.10 Å². The van der Waals surface area contributed by atoms with Gasteiger partial charge in [-0.2, -0.15) is 9.67 Å². The molecule has 1 aliphatic heterocycles. The maximum Gasteiger partial charge on any atom is 0.404 e. The van der Waals surface area contributed by atoms with E-state index in [0.29, 0.717) is 29.7 Å². The molecule has 1 aromatic carbocycles. The van der Waals surface area contributed by atoms with Crippen molar-refractivity contribution in [3.05, 3.63) is 42.7 Å². The molecule has 3 aromatic heterocycles. The van der Waals surface area contributed by atoms with Gasteiger partial charge in [-0.05, 0) is 44.2 Å². The summed E-state index contributed by atoms with van der Waals surface area (Å²) in [4.78, 5) is 28.1. The van der Waals surface area contributed by atoms with E-state index in [4.69, 9.17) is 5.11 Å². The van der Waals surface area contributed by atoms with Crippen molar-refractivity contribution in [2.75, 3.05) is 51.6 Å². The van der Waals surface area contributed by atoms with Crippen LogP contribution in [0.5, 0.6) is 0 Å². The number of piperazine rings is 1. The third-order valence-electron chi connectivity index (χ3n) is 7.01. The summed E-state index contributed by atoms with van der Waals surface area (Å²) in [5, 5.41) is 23.7. The van der Waals surface area contributed by atoms with Gasteiger partial charge in [-0.1, -0.05) is 24.1 Å². The minimum absolute atomic E-state index is 0.466. The van der Waals surface area contributed by atoms with Crippen molar-refractivity contribution in [3.63, 3.8) is 0 Å². The number of rotatable bonds is 6. The second kappa shape index (κ2) is 12.1. The minimum Gasteiger partial charge on any atom is -0.465 e. The first kappa shape index (κ1) is 25.7. The molecule has 4 heterocycles. The molecule has 0 atom stereocenters. The number of pyridine rings is 1. The molecule has 38 heavy (non-hydrogen) atoms. The second-order valence-corrected chi connectivity index (χ2v) is 9.79. The molecule has 6 rings (SSSR count). The molecule has 1 amide bonds. The fourth-order valence-corrected chi connectivity index (χ4v) is 4.81. The first-order valence-corrected chi connectivity index (χ1v) is 13.1. The maximum atomic E-state index is 10.2. The highest BCUT2D eigenvalue weighted by molar-refractivity contribution is 5.81. The van der Waals surface area contributed by atoms with Gasteiger partial charge >= 0.3 is 6.09 Å². The van der Waals surface area contributed by atoms with Gasteiger partial charge in [0.25, 0.3) is 0 Å². The molecule has 3 N–H and O–H groups in total. The number of benzene rings is 1. The topological polar surface area (TPSA) is 137 Å². The molecule has 12 heteroatoms. The van der Waals surface area contributed by atoms with Crippen LogP contribution in [0.4, 0.5) is 10.7 Å². The highest BCUT2D eigenvalue weighted by Crippen LogP contribution is 2.23. The molecule has 0 radical (unpaired) electrons. The number of carbonyl (C=O) groups is 1. The zero-order chi connectivity index (χ0) is 26.3. The van der Waals surface area contributed by atoms with Crippen molar-refractivity contribution in [1.29, 1.82) is 0 Å². The number of hydrogen-bond donors (Lipinski definition) is 3. The Hall–Kier alpha value is -3.90. The average Bonchev–Trinajstić information content (AvgIpc) is 3.60. The number of nitrogens with zero attached hydrogens (tertiary/aromatic N) is 8. The van der Waals surface area contributed by atoms with Gasteiger partial charge in [0.1, 0.15) is 0 Å².